The Balaban J connectivity index is 2.34. The van der Waals surface area contributed by atoms with E-state index in [4.69, 9.17) is 4.74 Å². The van der Waals surface area contributed by atoms with Crippen LogP contribution in [0.1, 0.15) is 37.7 Å². The number of benzene rings is 1. The number of carbonyl (C=O) groups is 2. The standard InChI is InChI=1S/C17H17NO4/c1-10-15(11(2)18-16(10)17(20)21)13(19)9-8-12-6-4-5-7-14(12)22-3/h4-9,18H,1-3H3,(H,20,21)/p-1/b9-8+. The van der Waals surface area contributed by atoms with Crippen LogP contribution in [-0.2, 0) is 0 Å². The number of carboxylic acid groups (broad SMARTS) is 1. The maximum Gasteiger partial charge on any atom is 0.187 e. The summed E-state index contributed by atoms with van der Waals surface area (Å²) in [5.74, 6) is -0.942. The Morgan fingerprint density at radius 3 is 2.50 bits per heavy atom. The molecule has 114 valence electrons. The largest absolute Gasteiger partial charge is 0.543 e. The third kappa shape index (κ3) is 2.93. The Morgan fingerprint density at radius 2 is 1.91 bits per heavy atom. The van der Waals surface area contributed by atoms with Gasteiger partial charge in [0.05, 0.1) is 18.8 Å². The second-order valence-electron chi connectivity index (χ2n) is 4.85. The number of nitrogens with one attached hydrogen (secondary N) is 1. The molecule has 1 N–H and O–H groups in total. The van der Waals surface area contributed by atoms with Crippen LogP contribution in [0.2, 0.25) is 0 Å². The fourth-order valence-corrected chi connectivity index (χ4v) is 2.38. The van der Waals surface area contributed by atoms with E-state index in [0.29, 0.717) is 22.6 Å². The van der Waals surface area contributed by atoms with Gasteiger partial charge in [0, 0.05) is 16.8 Å². The number of hydrogen-bond donors (Lipinski definition) is 1. The molecule has 0 saturated heterocycles. The number of carboxylic acids is 1. The molecule has 2 rings (SSSR count). The first-order chi connectivity index (χ1) is 10.5. The van der Waals surface area contributed by atoms with Gasteiger partial charge in [-0.2, -0.15) is 0 Å². The van der Waals surface area contributed by atoms with Crippen LogP contribution in [0.4, 0.5) is 0 Å². The van der Waals surface area contributed by atoms with Crippen LogP contribution in [0.25, 0.3) is 6.08 Å². The molecule has 0 unspecified atom stereocenters. The fraction of sp³-hybridized carbons (Fsp3) is 0.176. The molecule has 5 heteroatoms. The van der Waals surface area contributed by atoms with Crippen LogP contribution >= 0.6 is 0 Å². The highest BCUT2D eigenvalue weighted by Crippen LogP contribution is 2.21. The highest BCUT2D eigenvalue weighted by atomic mass is 16.5. The lowest BCUT2D eigenvalue weighted by Crippen LogP contribution is -2.23. The van der Waals surface area contributed by atoms with E-state index in [-0.39, 0.29) is 11.5 Å². The number of para-hydroxylation sites is 1. The normalized spacial score (nSPS) is 10.9. The molecule has 0 atom stereocenters. The summed E-state index contributed by atoms with van der Waals surface area (Å²) in [5.41, 5.74) is 1.94. The van der Waals surface area contributed by atoms with Gasteiger partial charge in [-0.15, -0.1) is 0 Å². The van der Waals surface area contributed by atoms with Crippen molar-refractivity contribution in [2.24, 2.45) is 0 Å². The van der Waals surface area contributed by atoms with Crippen molar-refractivity contribution >= 4 is 17.8 Å². The van der Waals surface area contributed by atoms with Gasteiger partial charge in [-0.3, -0.25) is 4.79 Å². The Kier molecular flexibility index (Phi) is 4.46. The first-order valence-corrected chi connectivity index (χ1v) is 6.71. The molecule has 0 bridgehead atoms. The Labute approximate surface area is 128 Å². The Bertz CT molecular complexity index is 756. The molecule has 0 aliphatic heterocycles. The zero-order valence-electron chi connectivity index (χ0n) is 12.6. The van der Waals surface area contributed by atoms with Crippen molar-refractivity contribution in [2.45, 2.75) is 13.8 Å². The zero-order valence-corrected chi connectivity index (χ0v) is 12.6. The van der Waals surface area contributed by atoms with Crippen molar-refractivity contribution in [1.29, 1.82) is 0 Å². The summed E-state index contributed by atoms with van der Waals surface area (Å²) < 4.78 is 5.21. The first-order valence-electron chi connectivity index (χ1n) is 6.71. The summed E-state index contributed by atoms with van der Waals surface area (Å²) in [6, 6.07) is 7.30. The number of methoxy groups -OCH3 is 1. The predicted octanol–water partition coefficient (Wildman–Crippen LogP) is 1.90. The van der Waals surface area contributed by atoms with E-state index in [0.717, 1.165) is 5.56 Å². The molecule has 0 aliphatic rings. The number of H-pyrrole nitrogens is 1. The molecule has 0 aliphatic carbocycles. The second-order valence-corrected chi connectivity index (χ2v) is 4.85. The minimum absolute atomic E-state index is 0.0634. The van der Waals surface area contributed by atoms with Crippen LogP contribution in [0.15, 0.2) is 30.3 Å². The van der Waals surface area contributed by atoms with Crippen molar-refractivity contribution in [3.05, 3.63) is 58.4 Å². The van der Waals surface area contributed by atoms with Crippen molar-refractivity contribution < 1.29 is 19.4 Å². The lowest BCUT2D eigenvalue weighted by atomic mass is 10.0. The third-order valence-electron chi connectivity index (χ3n) is 3.44. The van der Waals surface area contributed by atoms with E-state index in [9.17, 15) is 14.7 Å². The van der Waals surface area contributed by atoms with Crippen LogP contribution in [0, 0.1) is 13.8 Å². The number of allylic oxidation sites excluding steroid dienone is 1. The highest BCUT2D eigenvalue weighted by Gasteiger charge is 2.16. The van der Waals surface area contributed by atoms with Crippen molar-refractivity contribution in [2.75, 3.05) is 7.11 Å². The van der Waals surface area contributed by atoms with Gasteiger partial charge in [-0.25, -0.2) is 0 Å². The topological polar surface area (TPSA) is 82.2 Å². The van der Waals surface area contributed by atoms with Gasteiger partial charge in [0.25, 0.3) is 0 Å². The maximum atomic E-state index is 12.3. The summed E-state index contributed by atoms with van der Waals surface area (Å²) >= 11 is 0. The summed E-state index contributed by atoms with van der Waals surface area (Å²) in [6.07, 6.45) is 3.05. The summed E-state index contributed by atoms with van der Waals surface area (Å²) in [4.78, 5) is 26.0. The Hall–Kier alpha value is -2.82. The van der Waals surface area contributed by atoms with Gasteiger partial charge in [-0.1, -0.05) is 18.2 Å². The van der Waals surface area contributed by atoms with Crippen LogP contribution in [0.3, 0.4) is 0 Å². The molecule has 0 radical (unpaired) electrons. The van der Waals surface area contributed by atoms with Gasteiger partial charge in [0.2, 0.25) is 0 Å². The maximum absolute atomic E-state index is 12.3. The smallest absolute Gasteiger partial charge is 0.187 e. The SMILES string of the molecule is COc1ccccc1/C=C/C(=O)c1c(C)[nH]c(C(=O)[O-])c1C. The predicted molar refractivity (Wildman–Crippen MR) is 81.0 cm³/mol. The lowest BCUT2D eigenvalue weighted by molar-refractivity contribution is -0.255. The van der Waals surface area contributed by atoms with Gasteiger partial charge in [0.15, 0.2) is 5.78 Å². The van der Waals surface area contributed by atoms with Gasteiger partial charge in [0.1, 0.15) is 5.75 Å². The number of hydrogen-bond acceptors (Lipinski definition) is 4. The first kappa shape index (κ1) is 15.6. The van der Waals surface area contributed by atoms with Gasteiger partial charge < -0.3 is 19.6 Å². The summed E-state index contributed by atoms with van der Waals surface area (Å²) in [5, 5.41) is 11.0. The van der Waals surface area contributed by atoms with E-state index >= 15 is 0 Å². The quantitative estimate of drug-likeness (QED) is 0.675. The third-order valence-corrected chi connectivity index (χ3v) is 3.44. The number of aromatic amines is 1. The molecule has 0 spiro atoms. The monoisotopic (exact) mass is 298 g/mol. The van der Waals surface area contributed by atoms with E-state index < -0.39 is 5.97 Å². The molecule has 0 amide bonds. The van der Waals surface area contributed by atoms with Crippen molar-refractivity contribution in [3.8, 4) is 5.75 Å². The fourth-order valence-electron chi connectivity index (χ4n) is 2.38. The van der Waals surface area contributed by atoms with Crippen LogP contribution in [0.5, 0.6) is 5.75 Å². The van der Waals surface area contributed by atoms with Crippen molar-refractivity contribution in [3.63, 3.8) is 0 Å². The molecular weight excluding hydrogens is 282 g/mol. The average molecular weight is 298 g/mol. The molecule has 22 heavy (non-hydrogen) atoms. The second kappa shape index (κ2) is 6.30. The molecular formula is C17H16NO4-. The molecule has 0 saturated carbocycles. The molecule has 1 heterocycles. The van der Waals surface area contributed by atoms with Crippen LogP contribution in [-0.4, -0.2) is 23.8 Å². The van der Waals surface area contributed by atoms with Crippen LogP contribution < -0.4 is 9.84 Å². The number of ketones is 1. The van der Waals surface area contributed by atoms with E-state index in [2.05, 4.69) is 4.98 Å². The zero-order chi connectivity index (χ0) is 16.3. The molecule has 1 aromatic heterocycles. The summed E-state index contributed by atoms with van der Waals surface area (Å²) in [6.45, 7) is 3.24. The number of rotatable bonds is 5. The minimum Gasteiger partial charge on any atom is -0.543 e. The van der Waals surface area contributed by atoms with Crippen molar-refractivity contribution in [1.82, 2.24) is 4.98 Å². The molecule has 2 aromatic rings. The van der Waals surface area contributed by atoms with E-state index in [1.807, 2.05) is 18.2 Å². The molecule has 0 fully saturated rings. The average Bonchev–Trinajstić information content (AvgIpc) is 2.80. The molecule has 5 nitrogen and oxygen atoms in total. The number of aromatic carboxylic acids is 1. The minimum atomic E-state index is -1.33. The number of ether oxygens (including phenoxy) is 1. The lowest BCUT2D eigenvalue weighted by Gasteiger charge is -2.03. The number of aromatic nitrogens is 1. The van der Waals surface area contributed by atoms with E-state index in [1.54, 1.807) is 33.1 Å². The number of aryl methyl sites for hydroxylation is 1. The van der Waals surface area contributed by atoms with Gasteiger partial charge >= 0.3 is 0 Å². The Morgan fingerprint density at radius 1 is 1.23 bits per heavy atom. The van der Waals surface area contributed by atoms with E-state index in [1.165, 1.54) is 6.08 Å². The molecule has 1 aromatic carbocycles. The van der Waals surface area contributed by atoms with Gasteiger partial charge in [-0.05, 0) is 37.6 Å². The summed E-state index contributed by atoms with van der Waals surface area (Å²) in [7, 11) is 1.56. The number of carbonyl (C=O) groups excluding carboxylic acids is 2. The highest BCUT2D eigenvalue weighted by molar-refractivity contribution is 6.10.